The van der Waals surface area contributed by atoms with Crippen LogP contribution < -0.4 is 5.32 Å². The number of carbonyl (C=O) groups excluding carboxylic acids is 2. The molecule has 0 saturated carbocycles. The lowest BCUT2D eigenvalue weighted by Gasteiger charge is -2.23. The van der Waals surface area contributed by atoms with Crippen molar-refractivity contribution in [2.24, 2.45) is 11.8 Å². The Balaban J connectivity index is 4.50. The van der Waals surface area contributed by atoms with Gasteiger partial charge in [0.05, 0.1) is 6.61 Å². The van der Waals surface area contributed by atoms with E-state index in [1.165, 1.54) is 0 Å². The Hall–Kier alpha value is -0.900. The molecule has 0 aromatic rings. The molecule has 0 radical (unpaired) electrons. The fraction of sp³-hybridized carbons (Fsp3) is 0.800. The van der Waals surface area contributed by atoms with Gasteiger partial charge in [-0.2, -0.15) is 0 Å². The van der Waals surface area contributed by atoms with Crippen molar-refractivity contribution in [1.82, 2.24) is 5.32 Å². The topological polar surface area (TPSA) is 55.4 Å². The first-order valence-electron chi connectivity index (χ1n) is 4.87. The molecule has 14 heavy (non-hydrogen) atoms. The quantitative estimate of drug-likeness (QED) is 0.505. The minimum absolute atomic E-state index is 0.120. The number of esters is 1. The number of rotatable bonds is 6. The lowest BCUT2D eigenvalue weighted by molar-refractivity contribution is -0.148. The van der Waals surface area contributed by atoms with Gasteiger partial charge in [0.2, 0.25) is 0 Å². The second kappa shape index (κ2) is 6.54. The standard InChI is InChI=1S/C10H19NO3/c1-5-14-10(13)9(11-4)8(6-12)7(2)3/h6-9,11H,5H2,1-4H3/t8-,9+/m0/s1. The van der Waals surface area contributed by atoms with Crippen LogP contribution in [0.25, 0.3) is 0 Å². The zero-order valence-electron chi connectivity index (χ0n) is 9.24. The Labute approximate surface area is 85.0 Å². The predicted molar refractivity (Wildman–Crippen MR) is 53.9 cm³/mol. The summed E-state index contributed by atoms with van der Waals surface area (Å²) in [5.74, 6) is -0.575. The summed E-state index contributed by atoms with van der Waals surface area (Å²) in [6, 6.07) is -0.535. The zero-order valence-corrected chi connectivity index (χ0v) is 9.24. The van der Waals surface area contributed by atoms with E-state index in [0.717, 1.165) is 6.29 Å². The molecule has 0 unspecified atom stereocenters. The van der Waals surface area contributed by atoms with Crippen LogP contribution in [0.3, 0.4) is 0 Å². The molecule has 0 aliphatic rings. The molecule has 0 aromatic carbocycles. The third-order valence-electron chi connectivity index (χ3n) is 2.16. The normalized spacial score (nSPS) is 14.9. The van der Waals surface area contributed by atoms with Crippen LogP contribution in [0.5, 0.6) is 0 Å². The van der Waals surface area contributed by atoms with E-state index in [1.807, 2.05) is 13.8 Å². The van der Waals surface area contributed by atoms with Gasteiger partial charge in [0, 0.05) is 5.92 Å². The van der Waals surface area contributed by atoms with Crippen molar-refractivity contribution in [2.45, 2.75) is 26.8 Å². The molecule has 0 spiro atoms. The molecule has 82 valence electrons. The van der Waals surface area contributed by atoms with Crippen LogP contribution in [0.4, 0.5) is 0 Å². The monoisotopic (exact) mass is 201 g/mol. The minimum atomic E-state index is -0.535. The average Bonchev–Trinajstić information content (AvgIpc) is 2.13. The number of ether oxygens (including phenoxy) is 1. The lowest BCUT2D eigenvalue weighted by atomic mass is 9.90. The molecule has 0 saturated heterocycles. The summed E-state index contributed by atoms with van der Waals surface area (Å²) in [7, 11) is 1.65. The highest BCUT2D eigenvalue weighted by Crippen LogP contribution is 2.13. The molecule has 0 heterocycles. The molecule has 0 aliphatic heterocycles. The zero-order chi connectivity index (χ0) is 11.1. The number of likely N-dealkylation sites (N-methyl/N-ethyl adjacent to an activating group) is 1. The Kier molecular flexibility index (Phi) is 6.12. The first-order valence-corrected chi connectivity index (χ1v) is 4.87. The van der Waals surface area contributed by atoms with Crippen LogP contribution >= 0.6 is 0 Å². The number of carbonyl (C=O) groups is 2. The molecule has 0 aliphatic carbocycles. The highest BCUT2D eigenvalue weighted by molar-refractivity contribution is 5.80. The van der Waals surface area contributed by atoms with Gasteiger partial charge in [0.25, 0.3) is 0 Å². The minimum Gasteiger partial charge on any atom is -0.465 e. The van der Waals surface area contributed by atoms with Crippen molar-refractivity contribution >= 4 is 12.3 Å². The molecule has 0 rings (SSSR count). The number of aldehydes is 1. The van der Waals surface area contributed by atoms with Crippen LogP contribution in [-0.4, -0.2) is 32.0 Å². The highest BCUT2D eigenvalue weighted by atomic mass is 16.5. The summed E-state index contributed by atoms with van der Waals surface area (Å²) in [6.45, 7) is 5.89. The smallest absolute Gasteiger partial charge is 0.323 e. The van der Waals surface area contributed by atoms with E-state index in [0.29, 0.717) is 6.61 Å². The molecule has 0 amide bonds. The fourth-order valence-corrected chi connectivity index (χ4v) is 1.32. The van der Waals surface area contributed by atoms with Crippen molar-refractivity contribution in [3.8, 4) is 0 Å². The Morgan fingerprint density at radius 1 is 1.50 bits per heavy atom. The van der Waals surface area contributed by atoms with Crippen LogP contribution in [-0.2, 0) is 14.3 Å². The van der Waals surface area contributed by atoms with Crippen LogP contribution in [0.2, 0.25) is 0 Å². The molecule has 4 heteroatoms. The van der Waals surface area contributed by atoms with E-state index in [4.69, 9.17) is 4.74 Å². The molecule has 1 N–H and O–H groups in total. The molecule has 2 atom stereocenters. The first kappa shape index (κ1) is 13.1. The summed E-state index contributed by atoms with van der Waals surface area (Å²) < 4.78 is 4.87. The van der Waals surface area contributed by atoms with E-state index in [-0.39, 0.29) is 17.8 Å². The first-order chi connectivity index (χ1) is 6.58. The van der Waals surface area contributed by atoms with Gasteiger partial charge in [-0.3, -0.25) is 4.79 Å². The van der Waals surface area contributed by atoms with E-state index in [1.54, 1.807) is 14.0 Å². The maximum Gasteiger partial charge on any atom is 0.323 e. The third kappa shape index (κ3) is 3.46. The highest BCUT2D eigenvalue weighted by Gasteiger charge is 2.29. The number of hydrogen-bond donors (Lipinski definition) is 1. The van der Waals surface area contributed by atoms with Crippen LogP contribution in [0, 0.1) is 11.8 Å². The van der Waals surface area contributed by atoms with E-state index < -0.39 is 6.04 Å². The molecule has 0 fully saturated rings. The number of nitrogens with one attached hydrogen (secondary N) is 1. The number of hydrogen-bond acceptors (Lipinski definition) is 4. The fourth-order valence-electron chi connectivity index (χ4n) is 1.32. The molecule has 0 aromatic heterocycles. The van der Waals surface area contributed by atoms with Crippen molar-refractivity contribution in [1.29, 1.82) is 0 Å². The lowest BCUT2D eigenvalue weighted by Crippen LogP contribution is -2.44. The second-order valence-corrected chi connectivity index (χ2v) is 3.48. The summed E-state index contributed by atoms with van der Waals surface area (Å²) >= 11 is 0. The van der Waals surface area contributed by atoms with Gasteiger partial charge < -0.3 is 14.8 Å². The van der Waals surface area contributed by atoms with Crippen LogP contribution in [0.15, 0.2) is 0 Å². The SMILES string of the molecule is CCOC(=O)[C@H](NC)[C@@H](C=O)C(C)C. The van der Waals surface area contributed by atoms with E-state index in [2.05, 4.69) is 5.32 Å². The largest absolute Gasteiger partial charge is 0.465 e. The molecular weight excluding hydrogens is 182 g/mol. The summed E-state index contributed by atoms with van der Waals surface area (Å²) in [5.41, 5.74) is 0. The van der Waals surface area contributed by atoms with Gasteiger partial charge in [-0.15, -0.1) is 0 Å². The van der Waals surface area contributed by atoms with Gasteiger partial charge in [0.15, 0.2) is 0 Å². The average molecular weight is 201 g/mol. The molecule has 4 nitrogen and oxygen atoms in total. The van der Waals surface area contributed by atoms with Crippen molar-refractivity contribution in [2.75, 3.05) is 13.7 Å². The van der Waals surface area contributed by atoms with Gasteiger partial charge in [-0.1, -0.05) is 13.8 Å². The van der Waals surface area contributed by atoms with Crippen molar-refractivity contribution < 1.29 is 14.3 Å². The maximum absolute atomic E-state index is 11.4. The van der Waals surface area contributed by atoms with Gasteiger partial charge in [-0.25, -0.2) is 0 Å². The van der Waals surface area contributed by atoms with Crippen molar-refractivity contribution in [3.05, 3.63) is 0 Å². The summed E-state index contributed by atoms with van der Waals surface area (Å²) in [5, 5.41) is 2.81. The van der Waals surface area contributed by atoms with Crippen LogP contribution in [0.1, 0.15) is 20.8 Å². The second-order valence-electron chi connectivity index (χ2n) is 3.48. The Morgan fingerprint density at radius 3 is 2.36 bits per heavy atom. The Morgan fingerprint density at radius 2 is 2.07 bits per heavy atom. The van der Waals surface area contributed by atoms with E-state index >= 15 is 0 Å². The molecular formula is C10H19NO3. The third-order valence-corrected chi connectivity index (χ3v) is 2.16. The Bertz CT molecular complexity index is 192. The van der Waals surface area contributed by atoms with Gasteiger partial charge in [0.1, 0.15) is 12.3 Å². The van der Waals surface area contributed by atoms with E-state index in [9.17, 15) is 9.59 Å². The summed E-state index contributed by atoms with van der Waals surface area (Å²) in [4.78, 5) is 22.2. The molecule has 0 bridgehead atoms. The summed E-state index contributed by atoms with van der Waals surface area (Å²) in [6.07, 6.45) is 0.808. The maximum atomic E-state index is 11.4. The van der Waals surface area contributed by atoms with Gasteiger partial charge >= 0.3 is 5.97 Å². The predicted octanol–water partition coefficient (Wildman–Crippen LogP) is 0.609. The van der Waals surface area contributed by atoms with Crippen molar-refractivity contribution in [3.63, 3.8) is 0 Å². The van der Waals surface area contributed by atoms with Gasteiger partial charge in [-0.05, 0) is 19.9 Å².